The molecule has 0 saturated carbocycles. The minimum atomic E-state index is -0.606. The Hall–Kier alpha value is -3.19. The van der Waals surface area contributed by atoms with E-state index in [0.29, 0.717) is 23.9 Å². The maximum atomic E-state index is 12.6. The molecule has 142 valence electrons. The number of nitrogens with zero attached hydrogens (tertiary/aromatic N) is 2. The minimum Gasteiger partial charge on any atom is -0.480 e. The van der Waals surface area contributed by atoms with Crippen molar-refractivity contribution in [3.8, 4) is 16.5 Å². The molecule has 2 aromatic carbocycles. The predicted octanol–water partition coefficient (Wildman–Crippen LogP) is 4.43. The van der Waals surface area contributed by atoms with Gasteiger partial charge in [-0.1, -0.05) is 54.5 Å². The summed E-state index contributed by atoms with van der Waals surface area (Å²) in [6, 6.07) is 17.6. The maximum absolute atomic E-state index is 12.6. The smallest absolute Gasteiger partial charge is 0.261 e. The van der Waals surface area contributed by atoms with Crippen LogP contribution in [0.4, 0.5) is 0 Å². The molecule has 4 rings (SSSR count). The van der Waals surface area contributed by atoms with Crippen LogP contribution in [0.15, 0.2) is 64.5 Å². The molecule has 0 spiro atoms. The molecule has 4 aromatic rings. The second kappa shape index (κ2) is 8.22. The van der Waals surface area contributed by atoms with Crippen molar-refractivity contribution in [2.24, 2.45) is 0 Å². The van der Waals surface area contributed by atoms with E-state index in [2.05, 4.69) is 15.5 Å². The zero-order valence-electron chi connectivity index (χ0n) is 15.3. The Balaban J connectivity index is 1.41. The third-order valence-electron chi connectivity index (χ3n) is 4.31. The van der Waals surface area contributed by atoms with Crippen molar-refractivity contribution in [1.29, 1.82) is 0 Å². The maximum Gasteiger partial charge on any atom is 0.261 e. The third kappa shape index (κ3) is 3.89. The highest BCUT2D eigenvalue weighted by molar-refractivity contribution is 7.13. The van der Waals surface area contributed by atoms with Crippen molar-refractivity contribution in [3.63, 3.8) is 0 Å². The van der Waals surface area contributed by atoms with Gasteiger partial charge in [-0.2, -0.15) is 4.98 Å². The first-order chi connectivity index (χ1) is 13.7. The van der Waals surface area contributed by atoms with Crippen LogP contribution in [-0.2, 0) is 11.3 Å². The van der Waals surface area contributed by atoms with Gasteiger partial charge in [-0.05, 0) is 29.3 Å². The van der Waals surface area contributed by atoms with E-state index >= 15 is 0 Å². The molecule has 2 aromatic heterocycles. The normalized spacial score (nSPS) is 12.0. The van der Waals surface area contributed by atoms with Gasteiger partial charge in [0, 0.05) is 5.39 Å². The lowest BCUT2D eigenvalue weighted by Gasteiger charge is -2.18. The molecule has 0 bridgehead atoms. The summed E-state index contributed by atoms with van der Waals surface area (Å²) in [5.41, 5.74) is 0. The number of benzene rings is 2. The fourth-order valence-corrected chi connectivity index (χ4v) is 3.53. The molecule has 28 heavy (non-hydrogen) atoms. The van der Waals surface area contributed by atoms with Gasteiger partial charge in [0.25, 0.3) is 5.91 Å². The lowest BCUT2D eigenvalue weighted by atomic mass is 10.1. The molecule has 6 nitrogen and oxygen atoms in total. The summed E-state index contributed by atoms with van der Waals surface area (Å²) >= 11 is 1.53. The number of hydrogen-bond donors (Lipinski definition) is 1. The zero-order chi connectivity index (χ0) is 19.3. The molecular weight excluding hydrogens is 374 g/mol. The Morgan fingerprint density at radius 1 is 1.18 bits per heavy atom. The van der Waals surface area contributed by atoms with Gasteiger partial charge in [0.15, 0.2) is 6.10 Å². The highest BCUT2D eigenvalue weighted by atomic mass is 32.1. The average molecular weight is 393 g/mol. The standard InChI is InChI=1S/C21H19N3O3S/c1-2-16(26-17-10-5-8-14-7-3-4-9-15(14)17)21(25)22-13-19-23-20(24-27-19)18-11-6-12-28-18/h3-12,16H,2,13H2,1H3,(H,22,25). The minimum absolute atomic E-state index is 0.159. The van der Waals surface area contributed by atoms with Gasteiger partial charge in [-0.3, -0.25) is 4.79 Å². The van der Waals surface area contributed by atoms with Crippen molar-refractivity contribution in [1.82, 2.24) is 15.5 Å². The summed E-state index contributed by atoms with van der Waals surface area (Å²) in [4.78, 5) is 17.8. The lowest BCUT2D eigenvalue weighted by molar-refractivity contribution is -0.128. The Bertz CT molecular complexity index is 1070. The van der Waals surface area contributed by atoms with Crippen LogP contribution in [0.5, 0.6) is 5.75 Å². The van der Waals surface area contributed by atoms with Crippen molar-refractivity contribution >= 4 is 28.0 Å². The van der Waals surface area contributed by atoms with Crippen molar-refractivity contribution in [3.05, 3.63) is 65.9 Å². The Morgan fingerprint density at radius 3 is 2.86 bits per heavy atom. The fraction of sp³-hybridized carbons (Fsp3) is 0.190. The van der Waals surface area contributed by atoms with E-state index in [4.69, 9.17) is 9.26 Å². The predicted molar refractivity (Wildman–Crippen MR) is 108 cm³/mol. The van der Waals surface area contributed by atoms with Crippen molar-refractivity contribution in [2.45, 2.75) is 26.0 Å². The fourth-order valence-electron chi connectivity index (χ4n) is 2.88. The first-order valence-electron chi connectivity index (χ1n) is 9.03. The van der Waals surface area contributed by atoms with E-state index in [1.165, 1.54) is 11.3 Å². The zero-order valence-corrected chi connectivity index (χ0v) is 16.1. The van der Waals surface area contributed by atoms with Crippen LogP contribution in [0.1, 0.15) is 19.2 Å². The average Bonchev–Trinajstić information content (AvgIpc) is 3.42. The van der Waals surface area contributed by atoms with Crippen LogP contribution in [0.2, 0.25) is 0 Å². The number of aromatic nitrogens is 2. The molecule has 7 heteroatoms. The van der Waals surface area contributed by atoms with Crippen LogP contribution < -0.4 is 10.1 Å². The van der Waals surface area contributed by atoms with Gasteiger partial charge in [-0.15, -0.1) is 11.3 Å². The van der Waals surface area contributed by atoms with Crippen LogP contribution in [0.25, 0.3) is 21.5 Å². The van der Waals surface area contributed by atoms with E-state index < -0.39 is 6.10 Å². The number of rotatable bonds is 7. The molecule has 0 fully saturated rings. The first kappa shape index (κ1) is 18.2. The molecule has 1 N–H and O–H groups in total. The molecule has 1 amide bonds. The van der Waals surface area contributed by atoms with Crippen LogP contribution >= 0.6 is 11.3 Å². The molecule has 0 radical (unpaired) electrons. The van der Waals surface area contributed by atoms with Crippen LogP contribution in [0.3, 0.4) is 0 Å². The largest absolute Gasteiger partial charge is 0.480 e. The van der Waals surface area contributed by atoms with Gasteiger partial charge in [0.05, 0.1) is 11.4 Å². The monoisotopic (exact) mass is 393 g/mol. The highest BCUT2D eigenvalue weighted by Crippen LogP contribution is 2.26. The van der Waals surface area contributed by atoms with Gasteiger partial charge >= 0.3 is 0 Å². The van der Waals surface area contributed by atoms with E-state index in [0.717, 1.165) is 15.6 Å². The second-order valence-electron chi connectivity index (χ2n) is 6.20. The molecule has 1 unspecified atom stereocenters. The molecule has 1 atom stereocenters. The lowest BCUT2D eigenvalue weighted by Crippen LogP contribution is -2.37. The number of carbonyl (C=O) groups excluding carboxylic acids is 1. The third-order valence-corrected chi connectivity index (χ3v) is 5.17. The van der Waals surface area contributed by atoms with E-state index in [-0.39, 0.29) is 12.5 Å². The number of ether oxygens (including phenoxy) is 1. The van der Waals surface area contributed by atoms with Crippen LogP contribution in [-0.4, -0.2) is 22.2 Å². The van der Waals surface area contributed by atoms with Gasteiger partial charge in [-0.25, -0.2) is 0 Å². The van der Waals surface area contributed by atoms with Gasteiger partial charge in [0.1, 0.15) is 5.75 Å². The van der Waals surface area contributed by atoms with Crippen molar-refractivity contribution in [2.75, 3.05) is 0 Å². The number of fused-ring (bicyclic) bond motifs is 1. The van der Waals surface area contributed by atoms with E-state index in [1.807, 2.05) is 66.9 Å². The number of nitrogens with one attached hydrogen (secondary N) is 1. The molecule has 0 aliphatic rings. The topological polar surface area (TPSA) is 77.2 Å². The number of hydrogen-bond acceptors (Lipinski definition) is 6. The highest BCUT2D eigenvalue weighted by Gasteiger charge is 2.20. The van der Waals surface area contributed by atoms with Crippen molar-refractivity contribution < 1.29 is 14.1 Å². The molecule has 0 saturated heterocycles. The van der Waals surface area contributed by atoms with E-state index in [9.17, 15) is 4.79 Å². The van der Waals surface area contributed by atoms with Gasteiger partial charge < -0.3 is 14.6 Å². The number of thiophene rings is 1. The summed E-state index contributed by atoms with van der Waals surface area (Å²) in [6.07, 6.45) is -0.0650. The molecular formula is C21H19N3O3S. The van der Waals surface area contributed by atoms with Gasteiger partial charge in [0.2, 0.25) is 11.7 Å². The SMILES string of the molecule is CCC(Oc1cccc2ccccc12)C(=O)NCc1nc(-c2cccs2)no1. The first-order valence-corrected chi connectivity index (χ1v) is 9.91. The summed E-state index contributed by atoms with van der Waals surface area (Å²) in [7, 11) is 0. The summed E-state index contributed by atoms with van der Waals surface area (Å²) in [5.74, 6) is 1.36. The quantitative estimate of drug-likeness (QED) is 0.503. The Kier molecular flexibility index (Phi) is 5.34. The summed E-state index contributed by atoms with van der Waals surface area (Å²) < 4.78 is 11.2. The molecule has 0 aliphatic heterocycles. The molecule has 0 aliphatic carbocycles. The van der Waals surface area contributed by atoms with Crippen LogP contribution in [0, 0.1) is 0 Å². The Labute approximate surface area is 166 Å². The second-order valence-corrected chi connectivity index (χ2v) is 7.15. The van der Waals surface area contributed by atoms with E-state index in [1.54, 1.807) is 0 Å². The number of amides is 1. The summed E-state index contributed by atoms with van der Waals surface area (Å²) in [5, 5.41) is 10.8. The summed E-state index contributed by atoms with van der Waals surface area (Å²) in [6.45, 7) is 2.07. The Morgan fingerprint density at radius 2 is 2.04 bits per heavy atom. The molecule has 2 heterocycles. The number of carbonyl (C=O) groups is 1.